The number of amides is 1. The molecule has 0 spiro atoms. The lowest BCUT2D eigenvalue weighted by atomic mass is 10.2. The highest BCUT2D eigenvalue weighted by atomic mass is 19.2. The summed E-state index contributed by atoms with van der Waals surface area (Å²) < 4.78 is 38.9. The lowest BCUT2D eigenvalue weighted by molar-refractivity contribution is 0.0950. The van der Waals surface area contributed by atoms with E-state index in [0.717, 1.165) is 18.2 Å². The second-order valence-corrected chi connectivity index (χ2v) is 3.90. The predicted molar refractivity (Wildman–Crippen MR) is 63.9 cm³/mol. The van der Waals surface area contributed by atoms with Gasteiger partial charge in [0, 0.05) is 17.7 Å². The molecule has 0 aliphatic carbocycles. The van der Waals surface area contributed by atoms with E-state index in [1.807, 2.05) is 0 Å². The minimum atomic E-state index is -0.984. The largest absolute Gasteiger partial charge is 0.348 e. The molecule has 0 aromatic heterocycles. The van der Waals surface area contributed by atoms with Crippen LogP contribution in [0.3, 0.4) is 0 Å². The minimum Gasteiger partial charge on any atom is -0.348 e. The summed E-state index contributed by atoms with van der Waals surface area (Å²) in [7, 11) is 0. The molecule has 0 saturated heterocycles. The highest BCUT2D eigenvalue weighted by Gasteiger charge is 2.10. The molecule has 0 aliphatic rings. The van der Waals surface area contributed by atoms with Crippen molar-refractivity contribution < 1.29 is 18.0 Å². The molecule has 0 atom stereocenters. The maximum absolute atomic E-state index is 13.3. The van der Waals surface area contributed by atoms with Gasteiger partial charge in [-0.2, -0.15) is 0 Å². The van der Waals surface area contributed by atoms with Crippen LogP contribution in [0.2, 0.25) is 0 Å². The van der Waals surface area contributed by atoms with Crippen LogP contribution in [-0.2, 0) is 6.54 Å². The first-order valence-corrected chi connectivity index (χ1v) is 5.54. The maximum atomic E-state index is 13.3. The molecule has 0 radical (unpaired) electrons. The molecule has 0 saturated carbocycles. The number of carbonyl (C=O) groups excluding carboxylic acids is 1. The van der Waals surface area contributed by atoms with Gasteiger partial charge in [0.25, 0.3) is 5.91 Å². The van der Waals surface area contributed by atoms with Gasteiger partial charge < -0.3 is 5.32 Å². The fourth-order valence-electron chi connectivity index (χ4n) is 1.56. The van der Waals surface area contributed by atoms with Crippen molar-refractivity contribution in [2.24, 2.45) is 0 Å². The van der Waals surface area contributed by atoms with E-state index in [4.69, 9.17) is 0 Å². The molecule has 0 unspecified atom stereocenters. The maximum Gasteiger partial charge on any atom is 0.251 e. The molecule has 2 aromatic carbocycles. The first-order chi connectivity index (χ1) is 9.08. The average Bonchev–Trinajstić information content (AvgIpc) is 2.41. The van der Waals surface area contributed by atoms with E-state index in [2.05, 4.69) is 5.32 Å². The van der Waals surface area contributed by atoms with Crippen LogP contribution in [0.15, 0.2) is 42.5 Å². The summed E-state index contributed by atoms with van der Waals surface area (Å²) in [5.41, 5.74) is 0.300. The molecule has 1 amide bonds. The lowest BCUT2D eigenvalue weighted by Crippen LogP contribution is -2.23. The van der Waals surface area contributed by atoms with Crippen LogP contribution < -0.4 is 5.32 Å². The molecule has 2 aromatic rings. The summed E-state index contributed by atoms with van der Waals surface area (Å²) in [5, 5.41) is 2.43. The highest BCUT2D eigenvalue weighted by molar-refractivity contribution is 5.94. The fraction of sp³-hybridized carbons (Fsp3) is 0.0714. The van der Waals surface area contributed by atoms with E-state index in [0.29, 0.717) is 0 Å². The number of hydrogen-bond donors (Lipinski definition) is 1. The molecule has 98 valence electrons. The predicted octanol–water partition coefficient (Wildman–Crippen LogP) is 3.03. The number of halogens is 3. The number of benzene rings is 2. The zero-order chi connectivity index (χ0) is 13.8. The van der Waals surface area contributed by atoms with Crippen molar-refractivity contribution in [3.05, 3.63) is 71.0 Å². The van der Waals surface area contributed by atoms with Crippen LogP contribution in [0.5, 0.6) is 0 Å². The second kappa shape index (κ2) is 5.56. The number of carbonyl (C=O) groups is 1. The third kappa shape index (κ3) is 3.13. The molecule has 2 rings (SSSR count). The second-order valence-electron chi connectivity index (χ2n) is 3.90. The Morgan fingerprint density at radius 3 is 2.37 bits per heavy atom. The SMILES string of the molecule is O=C(NCc1cccc(F)c1F)c1ccc(F)cc1. The molecular weight excluding hydrogens is 255 g/mol. The van der Waals surface area contributed by atoms with Gasteiger partial charge in [0.2, 0.25) is 0 Å². The Labute approximate surface area is 107 Å². The fourth-order valence-corrected chi connectivity index (χ4v) is 1.56. The smallest absolute Gasteiger partial charge is 0.251 e. The summed E-state index contributed by atoms with van der Waals surface area (Å²) in [4.78, 5) is 11.7. The molecule has 0 bridgehead atoms. The zero-order valence-electron chi connectivity index (χ0n) is 9.79. The molecular formula is C14H10F3NO. The molecule has 0 heterocycles. The van der Waals surface area contributed by atoms with Crippen molar-refractivity contribution in [1.82, 2.24) is 5.32 Å². The van der Waals surface area contributed by atoms with Crippen molar-refractivity contribution >= 4 is 5.91 Å². The van der Waals surface area contributed by atoms with E-state index >= 15 is 0 Å². The summed E-state index contributed by atoms with van der Waals surface area (Å²) >= 11 is 0. The first-order valence-electron chi connectivity index (χ1n) is 5.54. The van der Waals surface area contributed by atoms with Gasteiger partial charge >= 0.3 is 0 Å². The molecule has 0 fully saturated rings. The van der Waals surface area contributed by atoms with Gasteiger partial charge in [0.05, 0.1) is 0 Å². The Hall–Kier alpha value is -2.30. The standard InChI is InChI=1S/C14H10F3NO/c15-11-6-4-9(5-7-11)14(19)18-8-10-2-1-3-12(16)13(10)17/h1-7H,8H2,(H,18,19). The van der Waals surface area contributed by atoms with Crippen molar-refractivity contribution in [3.63, 3.8) is 0 Å². The quantitative estimate of drug-likeness (QED) is 0.908. The molecule has 5 heteroatoms. The highest BCUT2D eigenvalue weighted by Crippen LogP contribution is 2.11. The van der Waals surface area contributed by atoms with Crippen LogP contribution in [0.25, 0.3) is 0 Å². The van der Waals surface area contributed by atoms with Gasteiger partial charge in [-0.1, -0.05) is 12.1 Å². The van der Waals surface area contributed by atoms with Crippen molar-refractivity contribution in [2.45, 2.75) is 6.54 Å². The Morgan fingerprint density at radius 2 is 1.68 bits per heavy atom. The topological polar surface area (TPSA) is 29.1 Å². The van der Waals surface area contributed by atoms with E-state index < -0.39 is 23.4 Å². The van der Waals surface area contributed by atoms with Gasteiger partial charge in [0.15, 0.2) is 11.6 Å². The van der Waals surface area contributed by atoms with Gasteiger partial charge in [0.1, 0.15) is 5.82 Å². The lowest BCUT2D eigenvalue weighted by Gasteiger charge is -2.06. The first kappa shape index (κ1) is 13.1. The van der Waals surface area contributed by atoms with Crippen LogP contribution >= 0.6 is 0 Å². The van der Waals surface area contributed by atoms with Gasteiger partial charge in [-0.3, -0.25) is 4.79 Å². The number of nitrogens with one attached hydrogen (secondary N) is 1. The monoisotopic (exact) mass is 265 g/mol. The third-order valence-corrected chi connectivity index (χ3v) is 2.58. The van der Waals surface area contributed by atoms with Gasteiger partial charge in [-0.05, 0) is 30.3 Å². The van der Waals surface area contributed by atoms with Crippen LogP contribution in [0.1, 0.15) is 15.9 Å². The minimum absolute atomic E-state index is 0.0514. The summed E-state index contributed by atoms with van der Waals surface area (Å²) in [5.74, 6) is -2.88. The van der Waals surface area contributed by atoms with Crippen molar-refractivity contribution in [1.29, 1.82) is 0 Å². The molecule has 1 N–H and O–H groups in total. The number of hydrogen-bond acceptors (Lipinski definition) is 1. The van der Waals surface area contributed by atoms with Crippen LogP contribution in [-0.4, -0.2) is 5.91 Å². The van der Waals surface area contributed by atoms with Crippen molar-refractivity contribution in [3.8, 4) is 0 Å². The Balaban J connectivity index is 2.04. The average molecular weight is 265 g/mol. The normalized spacial score (nSPS) is 10.3. The van der Waals surface area contributed by atoms with Gasteiger partial charge in [-0.25, -0.2) is 13.2 Å². The molecule has 0 aliphatic heterocycles. The van der Waals surface area contributed by atoms with Crippen LogP contribution in [0.4, 0.5) is 13.2 Å². The van der Waals surface area contributed by atoms with Gasteiger partial charge in [-0.15, -0.1) is 0 Å². The molecule has 19 heavy (non-hydrogen) atoms. The number of rotatable bonds is 3. The van der Waals surface area contributed by atoms with E-state index in [-0.39, 0.29) is 17.7 Å². The Bertz CT molecular complexity index is 596. The van der Waals surface area contributed by atoms with E-state index in [1.54, 1.807) is 0 Å². The third-order valence-electron chi connectivity index (χ3n) is 2.58. The van der Waals surface area contributed by atoms with Crippen LogP contribution in [0, 0.1) is 17.5 Å². The summed E-state index contributed by atoms with van der Waals surface area (Å²) in [6, 6.07) is 8.66. The Morgan fingerprint density at radius 1 is 1.00 bits per heavy atom. The van der Waals surface area contributed by atoms with E-state index in [1.165, 1.54) is 24.3 Å². The Kier molecular flexibility index (Phi) is 3.85. The van der Waals surface area contributed by atoms with Crippen molar-refractivity contribution in [2.75, 3.05) is 0 Å². The summed E-state index contributed by atoms with van der Waals surface area (Å²) in [6.45, 7) is -0.139. The zero-order valence-corrected chi connectivity index (χ0v) is 9.79. The molecule has 2 nitrogen and oxygen atoms in total. The summed E-state index contributed by atoms with van der Waals surface area (Å²) in [6.07, 6.45) is 0. The van der Waals surface area contributed by atoms with E-state index in [9.17, 15) is 18.0 Å².